The van der Waals surface area contributed by atoms with Crippen molar-refractivity contribution in [3.05, 3.63) is 59.2 Å². The molecule has 0 saturated heterocycles. The van der Waals surface area contributed by atoms with Gasteiger partial charge in [-0.1, -0.05) is 23.8 Å². The largest absolute Gasteiger partial charge is 0.497 e. The van der Waals surface area contributed by atoms with Crippen molar-refractivity contribution in [3.8, 4) is 5.75 Å². The first-order valence-electron chi connectivity index (χ1n) is 7.10. The summed E-state index contributed by atoms with van der Waals surface area (Å²) in [5.41, 5.74) is 3.89. The third kappa shape index (κ3) is 3.24. The Morgan fingerprint density at radius 3 is 2.52 bits per heavy atom. The van der Waals surface area contributed by atoms with Gasteiger partial charge < -0.3 is 9.64 Å². The number of benzene rings is 2. The van der Waals surface area contributed by atoms with Gasteiger partial charge in [0.2, 0.25) is 0 Å². The number of anilines is 1. The SMILES string of the molecule is CCN(C(=O)c1cccc(OC)c1)c1ccc(C)cc1C. The number of carbonyl (C=O) groups excluding carboxylic acids is 1. The smallest absolute Gasteiger partial charge is 0.258 e. The first-order valence-corrected chi connectivity index (χ1v) is 7.10. The minimum atomic E-state index is -0.0108. The fraction of sp³-hybridized carbons (Fsp3) is 0.278. The fourth-order valence-corrected chi connectivity index (χ4v) is 2.44. The molecular weight excluding hydrogens is 262 g/mol. The van der Waals surface area contributed by atoms with Gasteiger partial charge in [-0.15, -0.1) is 0 Å². The second-order valence-electron chi connectivity index (χ2n) is 5.07. The summed E-state index contributed by atoms with van der Waals surface area (Å²) in [7, 11) is 1.60. The molecule has 3 nitrogen and oxygen atoms in total. The fourth-order valence-electron chi connectivity index (χ4n) is 2.44. The Hall–Kier alpha value is -2.29. The highest BCUT2D eigenvalue weighted by atomic mass is 16.5. The first-order chi connectivity index (χ1) is 10.1. The van der Waals surface area contributed by atoms with E-state index in [2.05, 4.69) is 13.0 Å². The predicted octanol–water partition coefficient (Wildman–Crippen LogP) is 3.98. The maximum absolute atomic E-state index is 12.8. The number of hydrogen-bond donors (Lipinski definition) is 0. The minimum Gasteiger partial charge on any atom is -0.497 e. The summed E-state index contributed by atoms with van der Waals surface area (Å²) in [5.74, 6) is 0.681. The maximum atomic E-state index is 12.8. The second kappa shape index (κ2) is 6.44. The summed E-state index contributed by atoms with van der Waals surface area (Å²) >= 11 is 0. The van der Waals surface area contributed by atoms with Gasteiger partial charge in [0, 0.05) is 17.8 Å². The summed E-state index contributed by atoms with van der Waals surface area (Å²) in [6.07, 6.45) is 0. The molecule has 2 rings (SSSR count). The Balaban J connectivity index is 2.38. The van der Waals surface area contributed by atoms with E-state index in [1.807, 2.05) is 44.2 Å². The van der Waals surface area contributed by atoms with E-state index in [9.17, 15) is 4.79 Å². The molecular formula is C18H21NO2. The number of nitrogens with zero attached hydrogens (tertiary/aromatic N) is 1. The zero-order chi connectivity index (χ0) is 15.4. The molecule has 0 heterocycles. The van der Waals surface area contributed by atoms with Crippen LogP contribution in [0.3, 0.4) is 0 Å². The number of amides is 1. The van der Waals surface area contributed by atoms with Crippen LogP contribution in [0.15, 0.2) is 42.5 Å². The average molecular weight is 283 g/mol. The monoisotopic (exact) mass is 283 g/mol. The van der Waals surface area contributed by atoms with Crippen LogP contribution in [0.4, 0.5) is 5.69 Å². The lowest BCUT2D eigenvalue weighted by Gasteiger charge is -2.23. The van der Waals surface area contributed by atoms with Crippen molar-refractivity contribution in [2.75, 3.05) is 18.6 Å². The summed E-state index contributed by atoms with van der Waals surface area (Å²) in [6, 6.07) is 13.4. The lowest BCUT2D eigenvalue weighted by atomic mass is 10.1. The molecule has 0 aliphatic heterocycles. The van der Waals surface area contributed by atoms with Crippen LogP contribution in [0, 0.1) is 13.8 Å². The molecule has 0 atom stereocenters. The van der Waals surface area contributed by atoms with E-state index in [-0.39, 0.29) is 5.91 Å². The first kappa shape index (κ1) is 15.1. The van der Waals surface area contributed by atoms with Crippen molar-refractivity contribution in [1.29, 1.82) is 0 Å². The molecule has 0 N–H and O–H groups in total. The number of methoxy groups -OCH3 is 1. The van der Waals surface area contributed by atoms with Gasteiger partial charge in [-0.05, 0) is 50.6 Å². The molecule has 110 valence electrons. The number of ether oxygens (including phenoxy) is 1. The quantitative estimate of drug-likeness (QED) is 0.849. The number of hydrogen-bond acceptors (Lipinski definition) is 2. The average Bonchev–Trinajstić information content (AvgIpc) is 2.50. The topological polar surface area (TPSA) is 29.5 Å². The third-order valence-corrected chi connectivity index (χ3v) is 3.52. The van der Waals surface area contributed by atoms with Crippen molar-refractivity contribution >= 4 is 11.6 Å². The summed E-state index contributed by atoms with van der Waals surface area (Å²) in [4.78, 5) is 14.5. The van der Waals surface area contributed by atoms with Gasteiger partial charge in [-0.25, -0.2) is 0 Å². The van der Waals surface area contributed by atoms with Gasteiger partial charge >= 0.3 is 0 Å². The Morgan fingerprint density at radius 2 is 1.90 bits per heavy atom. The van der Waals surface area contributed by atoms with Gasteiger partial charge in [-0.3, -0.25) is 4.79 Å². The van der Waals surface area contributed by atoms with Gasteiger partial charge in [0.15, 0.2) is 0 Å². The van der Waals surface area contributed by atoms with E-state index in [1.165, 1.54) is 5.56 Å². The van der Waals surface area contributed by atoms with Crippen LogP contribution in [0.25, 0.3) is 0 Å². The molecule has 21 heavy (non-hydrogen) atoms. The summed E-state index contributed by atoms with van der Waals surface area (Å²) in [5, 5.41) is 0. The highest BCUT2D eigenvalue weighted by Gasteiger charge is 2.18. The zero-order valence-electron chi connectivity index (χ0n) is 13.0. The molecule has 2 aromatic rings. The Morgan fingerprint density at radius 1 is 1.14 bits per heavy atom. The second-order valence-corrected chi connectivity index (χ2v) is 5.07. The van der Waals surface area contributed by atoms with Crippen molar-refractivity contribution in [1.82, 2.24) is 0 Å². The molecule has 0 aliphatic carbocycles. The zero-order valence-corrected chi connectivity index (χ0v) is 13.0. The number of carbonyl (C=O) groups is 1. The van der Waals surface area contributed by atoms with Crippen LogP contribution in [-0.4, -0.2) is 19.6 Å². The molecule has 0 bridgehead atoms. The van der Waals surface area contributed by atoms with Crippen LogP contribution in [-0.2, 0) is 0 Å². The molecule has 0 spiro atoms. The number of aryl methyl sites for hydroxylation is 2. The normalized spacial score (nSPS) is 10.3. The van der Waals surface area contributed by atoms with E-state index in [4.69, 9.17) is 4.74 Å². The predicted molar refractivity (Wildman–Crippen MR) is 86.3 cm³/mol. The number of rotatable bonds is 4. The Labute approximate surface area is 126 Å². The molecule has 0 saturated carbocycles. The molecule has 0 aromatic heterocycles. The minimum absolute atomic E-state index is 0.0108. The van der Waals surface area contributed by atoms with E-state index in [0.29, 0.717) is 17.9 Å². The third-order valence-electron chi connectivity index (χ3n) is 3.52. The van der Waals surface area contributed by atoms with Crippen molar-refractivity contribution < 1.29 is 9.53 Å². The van der Waals surface area contributed by atoms with Crippen LogP contribution in [0.2, 0.25) is 0 Å². The van der Waals surface area contributed by atoms with E-state index in [1.54, 1.807) is 18.1 Å². The lowest BCUT2D eigenvalue weighted by molar-refractivity contribution is 0.0988. The molecule has 0 unspecified atom stereocenters. The highest BCUT2D eigenvalue weighted by Crippen LogP contribution is 2.24. The molecule has 1 amide bonds. The van der Waals surface area contributed by atoms with Crippen LogP contribution in [0.1, 0.15) is 28.4 Å². The maximum Gasteiger partial charge on any atom is 0.258 e. The van der Waals surface area contributed by atoms with Crippen LogP contribution in [0.5, 0.6) is 5.75 Å². The van der Waals surface area contributed by atoms with Crippen molar-refractivity contribution in [2.45, 2.75) is 20.8 Å². The van der Waals surface area contributed by atoms with E-state index >= 15 is 0 Å². The lowest BCUT2D eigenvalue weighted by Crippen LogP contribution is -2.31. The van der Waals surface area contributed by atoms with Crippen molar-refractivity contribution in [2.24, 2.45) is 0 Å². The highest BCUT2D eigenvalue weighted by molar-refractivity contribution is 6.06. The van der Waals surface area contributed by atoms with Gasteiger partial charge in [0.05, 0.1) is 7.11 Å². The Bertz CT molecular complexity index is 649. The molecule has 2 aromatic carbocycles. The van der Waals surface area contributed by atoms with Crippen LogP contribution < -0.4 is 9.64 Å². The standard InChI is InChI=1S/C18H21NO2/c1-5-19(17-10-9-13(2)11-14(17)3)18(20)15-7-6-8-16(12-15)21-4/h6-12H,5H2,1-4H3. The van der Waals surface area contributed by atoms with Gasteiger partial charge in [-0.2, -0.15) is 0 Å². The van der Waals surface area contributed by atoms with E-state index < -0.39 is 0 Å². The Kier molecular flexibility index (Phi) is 4.63. The van der Waals surface area contributed by atoms with Crippen molar-refractivity contribution in [3.63, 3.8) is 0 Å². The van der Waals surface area contributed by atoms with Gasteiger partial charge in [0.1, 0.15) is 5.75 Å². The molecule has 0 fully saturated rings. The molecule has 3 heteroatoms. The summed E-state index contributed by atoms with van der Waals surface area (Å²) < 4.78 is 5.19. The van der Waals surface area contributed by atoms with Gasteiger partial charge in [0.25, 0.3) is 5.91 Å². The summed E-state index contributed by atoms with van der Waals surface area (Å²) in [6.45, 7) is 6.69. The molecule has 0 aliphatic rings. The van der Waals surface area contributed by atoms with Crippen LogP contribution >= 0.6 is 0 Å². The van der Waals surface area contributed by atoms with E-state index in [0.717, 1.165) is 11.3 Å². The molecule has 0 radical (unpaired) electrons.